The van der Waals surface area contributed by atoms with Crippen molar-refractivity contribution in [2.75, 3.05) is 5.01 Å². The quantitative estimate of drug-likeness (QED) is 0.900. The van der Waals surface area contributed by atoms with Gasteiger partial charge in [-0.05, 0) is 30.5 Å². The van der Waals surface area contributed by atoms with Crippen LogP contribution in [-0.2, 0) is 4.79 Å². The van der Waals surface area contributed by atoms with Crippen molar-refractivity contribution in [1.82, 2.24) is 0 Å². The second-order valence-corrected chi connectivity index (χ2v) is 5.25. The third kappa shape index (κ3) is 2.26. The topological polar surface area (TPSA) is 58.7 Å². The van der Waals surface area contributed by atoms with Gasteiger partial charge in [0.25, 0.3) is 0 Å². The van der Waals surface area contributed by atoms with Crippen molar-refractivity contribution in [3.63, 3.8) is 0 Å². The summed E-state index contributed by atoms with van der Waals surface area (Å²) >= 11 is 0. The number of hydrogen-bond donors (Lipinski definition) is 1. The van der Waals surface area contributed by atoms with E-state index in [9.17, 15) is 4.79 Å². The van der Waals surface area contributed by atoms with Crippen LogP contribution in [0, 0.1) is 17.8 Å². The van der Waals surface area contributed by atoms with Crippen LogP contribution in [0.3, 0.4) is 0 Å². The summed E-state index contributed by atoms with van der Waals surface area (Å²) in [5.41, 5.74) is 6.89. The van der Waals surface area contributed by atoms with E-state index in [1.165, 1.54) is 0 Å². The number of hydrazone groups is 1. The molecule has 0 saturated heterocycles. The Morgan fingerprint density at radius 3 is 2.63 bits per heavy atom. The van der Waals surface area contributed by atoms with Crippen LogP contribution in [0.5, 0.6) is 0 Å². The van der Waals surface area contributed by atoms with Crippen molar-refractivity contribution in [2.24, 2.45) is 28.6 Å². The number of benzene rings is 1. The molecule has 1 fully saturated rings. The molecule has 4 nitrogen and oxygen atoms in total. The van der Waals surface area contributed by atoms with Gasteiger partial charge in [0.05, 0.1) is 11.6 Å². The minimum absolute atomic E-state index is 0.173. The van der Waals surface area contributed by atoms with Crippen molar-refractivity contribution in [2.45, 2.75) is 13.3 Å². The fraction of sp³-hybridized carbons (Fsp3) is 0.333. The average Bonchev–Trinajstić information content (AvgIpc) is 3.16. The molecular weight excluding hydrogens is 238 g/mol. The molecule has 1 saturated carbocycles. The molecule has 98 valence electrons. The molecule has 1 aliphatic carbocycles. The zero-order chi connectivity index (χ0) is 13.4. The molecule has 3 atom stereocenters. The largest absolute Gasteiger partial charge is 0.385 e. The zero-order valence-electron chi connectivity index (χ0n) is 10.9. The molecule has 0 aromatic heterocycles. The minimum Gasteiger partial charge on any atom is -0.385 e. The van der Waals surface area contributed by atoms with Gasteiger partial charge < -0.3 is 5.73 Å². The van der Waals surface area contributed by atoms with Crippen molar-refractivity contribution in [3.05, 3.63) is 42.6 Å². The number of carbonyl (C=O) groups is 1. The Bertz CT molecular complexity index is 550. The molecule has 19 heavy (non-hydrogen) atoms. The van der Waals surface area contributed by atoms with Gasteiger partial charge in [0.1, 0.15) is 5.84 Å². The monoisotopic (exact) mass is 255 g/mol. The number of nitrogens with two attached hydrogens (primary N) is 1. The van der Waals surface area contributed by atoms with Gasteiger partial charge in [-0.25, -0.2) is 5.01 Å². The van der Waals surface area contributed by atoms with Crippen molar-refractivity contribution >= 4 is 17.3 Å². The molecule has 2 N–H and O–H groups in total. The van der Waals surface area contributed by atoms with E-state index >= 15 is 0 Å². The molecule has 4 heteroatoms. The third-order valence-electron chi connectivity index (χ3n) is 3.76. The van der Waals surface area contributed by atoms with Gasteiger partial charge in [0, 0.05) is 12.1 Å². The highest BCUT2D eigenvalue weighted by molar-refractivity contribution is 6.07. The van der Waals surface area contributed by atoms with Gasteiger partial charge in [0.2, 0.25) is 0 Å². The van der Waals surface area contributed by atoms with Gasteiger partial charge in [-0.3, -0.25) is 4.79 Å². The van der Waals surface area contributed by atoms with E-state index in [1.807, 2.05) is 42.6 Å². The molecular formula is C15H17N3O. The molecule has 1 aromatic rings. The van der Waals surface area contributed by atoms with E-state index in [-0.39, 0.29) is 17.6 Å². The van der Waals surface area contributed by atoms with E-state index < -0.39 is 0 Å². The van der Waals surface area contributed by atoms with Gasteiger partial charge in [-0.15, -0.1) is 0 Å². The molecule has 1 aliphatic heterocycles. The highest BCUT2D eigenvalue weighted by Crippen LogP contribution is 2.40. The van der Waals surface area contributed by atoms with Crippen LogP contribution < -0.4 is 10.7 Å². The maximum absolute atomic E-state index is 12.2. The lowest BCUT2D eigenvalue weighted by Crippen LogP contribution is -2.35. The fourth-order valence-electron chi connectivity index (χ4n) is 2.40. The number of hydrogen-bond acceptors (Lipinski definition) is 4. The number of amidine groups is 1. The van der Waals surface area contributed by atoms with Gasteiger partial charge >= 0.3 is 0 Å². The number of ketones is 1. The molecule has 0 spiro atoms. The van der Waals surface area contributed by atoms with E-state index in [4.69, 9.17) is 5.73 Å². The van der Waals surface area contributed by atoms with Gasteiger partial charge in [0.15, 0.2) is 5.78 Å². The Morgan fingerprint density at radius 2 is 2.05 bits per heavy atom. The van der Waals surface area contributed by atoms with Crippen molar-refractivity contribution in [1.29, 1.82) is 0 Å². The minimum atomic E-state index is -0.352. The average molecular weight is 255 g/mol. The first-order valence-corrected chi connectivity index (χ1v) is 6.57. The molecule has 0 bridgehead atoms. The number of anilines is 1. The number of rotatable bonds is 3. The Labute approximate surface area is 112 Å². The van der Waals surface area contributed by atoms with Crippen LogP contribution in [0.1, 0.15) is 13.3 Å². The third-order valence-corrected chi connectivity index (χ3v) is 3.76. The molecule has 0 amide bonds. The van der Waals surface area contributed by atoms with Crippen LogP contribution >= 0.6 is 0 Å². The first-order valence-electron chi connectivity index (χ1n) is 6.57. The second-order valence-electron chi connectivity index (χ2n) is 5.25. The van der Waals surface area contributed by atoms with E-state index in [0.717, 1.165) is 12.1 Å². The second kappa shape index (κ2) is 4.53. The Hall–Kier alpha value is -2.10. The number of carbonyl (C=O) groups excluding carboxylic acids is 1. The highest BCUT2D eigenvalue weighted by Gasteiger charge is 2.43. The number of Topliss-reactive ketones (excluding diaryl/α,β-unsaturated/α-hetero) is 1. The standard InChI is InChI=1S/C15H17N3O/c1-10-9-13(10)14(19)12-7-8-18(17-15(12)16)11-5-3-2-4-6-11/h2-8,10,12-13H,9H2,1H3,(H2,16,17). The van der Waals surface area contributed by atoms with E-state index in [1.54, 1.807) is 5.01 Å². The van der Waals surface area contributed by atoms with Crippen LogP contribution in [0.15, 0.2) is 47.7 Å². The summed E-state index contributed by atoms with van der Waals surface area (Å²) in [6.07, 6.45) is 4.66. The fourth-order valence-corrected chi connectivity index (χ4v) is 2.40. The lowest BCUT2D eigenvalue weighted by atomic mass is 9.97. The summed E-state index contributed by atoms with van der Waals surface area (Å²) < 4.78 is 0. The zero-order valence-corrected chi connectivity index (χ0v) is 10.9. The van der Waals surface area contributed by atoms with Crippen LogP contribution in [0.2, 0.25) is 0 Å². The molecule has 0 radical (unpaired) electrons. The van der Waals surface area contributed by atoms with Crippen LogP contribution in [-0.4, -0.2) is 11.6 Å². The van der Waals surface area contributed by atoms with Crippen LogP contribution in [0.4, 0.5) is 5.69 Å². The normalized spacial score (nSPS) is 29.0. The molecule has 1 heterocycles. The number of para-hydroxylation sites is 1. The Kier molecular flexibility index (Phi) is 2.85. The van der Waals surface area contributed by atoms with Gasteiger partial charge in [-0.2, -0.15) is 5.10 Å². The summed E-state index contributed by atoms with van der Waals surface area (Å²) in [4.78, 5) is 12.2. The SMILES string of the molecule is CC1CC1C(=O)C1C=CN(c2ccccc2)N=C1N. The summed E-state index contributed by atoms with van der Waals surface area (Å²) in [7, 11) is 0. The van der Waals surface area contributed by atoms with Crippen LogP contribution in [0.25, 0.3) is 0 Å². The van der Waals surface area contributed by atoms with E-state index in [0.29, 0.717) is 11.8 Å². The lowest BCUT2D eigenvalue weighted by Gasteiger charge is -2.23. The van der Waals surface area contributed by atoms with Crippen molar-refractivity contribution < 1.29 is 4.79 Å². The Morgan fingerprint density at radius 1 is 1.37 bits per heavy atom. The summed E-state index contributed by atoms with van der Waals surface area (Å²) in [6.45, 7) is 2.10. The summed E-state index contributed by atoms with van der Waals surface area (Å²) in [6, 6.07) is 9.74. The summed E-state index contributed by atoms with van der Waals surface area (Å²) in [5.74, 6) is 0.913. The predicted molar refractivity (Wildman–Crippen MR) is 75.5 cm³/mol. The van der Waals surface area contributed by atoms with E-state index in [2.05, 4.69) is 12.0 Å². The first kappa shape index (κ1) is 12.0. The molecule has 3 unspecified atom stereocenters. The Balaban J connectivity index is 1.77. The molecule has 1 aromatic carbocycles. The molecule has 3 rings (SSSR count). The van der Waals surface area contributed by atoms with Crippen molar-refractivity contribution in [3.8, 4) is 0 Å². The summed E-state index contributed by atoms with van der Waals surface area (Å²) in [5, 5.41) is 6.01. The predicted octanol–water partition coefficient (Wildman–Crippen LogP) is 2.13. The van der Waals surface area contributed by atoms with Gasteiger partial charge in [-0.1, -0.05) is 25.1 Å². The maximum Gasteiger partial charge on any atom is 0.150 e. The number of nitrogens with zero attached hydrogens (tertiary/aromatic N) is 2. The first-order chi connectivity index (χ1) is 9.16. The molecule has 2 aliphatic rings. The maximum atomic E-state index is 12.2. The highest BCUT2D eigenvalue weighted by atomic mass is 16.1. The lowest BCUT2D eigenvalue weighted by molar-refractivity contribution is -0.121. The smallest absolute Gasteiger partial charge is 0.150 e.